The zero-order valence-electron chi connectivity index (χ0n) is 6.91. The first kappa shape index (κ1) is 7.76. The molecule has 0 radical (unpaired) electrons. The van der Waals surface area contributed by atoms with Gasteiger partial charge in [-0.2, -0.15) is 0 Å². The molecule has 0 bridgehead atoms. The van der Waals surface area contributed by atoms with E-state index in [1.807, 2.05) is 0 Å². The zero-order valence-corrected chi connectivity index (χ0v) is 6.91. The number of nitrogens with zero attached hydrogens (tertiary/aromatic N) is 1. The number of quaternary nitrogens is 1. The molecule has 0 heterocycles. The molecule has 1 N–H and O–H groups in total. The molecule has 0 aliphatic heterocycles. The molecule has 0 aromatic heterocycles. The normalized spacial score (nSPS) is 33.2. The van der Waals surface area contributed by atoms with Crippen LogP contribution in [0.2, 0.25) is 0 Å². The summed E-state index contributed by atoms with van der Waals surface area (Å²) in [7, 11) is 6.30. The monoisotopic (exact) mass is 142 g/mol. The second kappa shape index (κ2) is 2.36. The summed E-state index contributed by atoms with van der Waals surface area (Å²) in [5.74, 6) is 0. The van der Waals surface area contributed by atoms with E-state index in [0.717, 1.165) is 10.9 Å². The zero-order chi connectivity index (χ0) is 7.78. The van der Waals surface area contributed by atoms with Gasteiger partial charge in [0.1, 0.15) is 12.1 Å². The maximum absolute atomic E-state index is 9.45. The van der Waals surface area contributed by atoms with Gasteiger partial charge >= 0.3 is 0 Å². The SMILES string of the molecule is C[N+](C)(C)C1C=CCC1O. The van der Waals surface area contributed by atoms with E-state index in [-0.39, 0.29) is 6.10 Å². The average Bonchev–Trinajstić information content (AvgIpc) is 2.11. The molecule has 1 rings (SSSR count). The van der Waals surface area contributed by atoms with Crippen LogP contribution in [0.1, 0.15) is 6.42 Å². The van der Waals surface area contributed by atoms with E-state index < -0.39 is 0 Å². The predicted octanol–water partition coefficient (Wildman–Crippen LogP) is 0.382. The van der Waals surface area contributed by atoms with Gasteiger partial charge < -0.3 is 9.59 Å². The van der Waals surface area contributed by atoms with Crippen molar-refractivity contribution in [1.29, 1.82) is 0 Å². The molecule has 0 spiro atoms. The minimum absolute atomic E-state index is 0.167. The fourth-order valence-electron chi connectivity index (χ4n) is 1.40. The summed E-state index contributed by atoms with van der Waals surface area (Å²) in [6, 6.07) is 0.292. The quantitative estimate of drug-likeness (QED) is 0.414. The van der Waals surface area contributed by atoms with Crippen LogP contribution >= 0.6 is 0 Å². The standard InChI is InChI=1S/C8H16NO/c1-9(2,3)7-5-4-6-8(7)10/h4-5,7-8,10H,6H2,1-3H3/q+1. The van der Waals surface area contributed by atoms with E-state index in [0.29, 0.717) is 6.04 Å². The molecule has 2 atom stereocenters. The van der Waals surface area contributed by atoms with Crippen molar-refractivity contribution in [2.75, 3.05) is 21.1 Å². The lowest BCUT2D eigenvalue weighted by Gasteiger charge is -2.32. The molecule has 0 aromatic rings. The second-order valence-corrected chi connectivity index (χ2v) is 3.84. The van der Waals surface area contributed by atoms with Crippen LogP contribution in [-0.2, 0) is 0 Å². The van der Waals surface area contributed by atoms with E-state index in [4.69, 9.17) is 0 Å². The van der Waals surface area contributed by atoms with Crippen LogP contribution in [0, 0.1) is 0 Å². The molecule has 2 nitrogen and oxygen atoms in total. The molecule has 10 heavy (non-hydrogen) atoms. The van der Waals surface area contributed by atoms with Crippen LogP contribution in [0.15, 0.2) is 12.2 Å². The van der Waals surface area contributed by atoms with Gasteiger partial charge in [-0.1, -0.05) is 6.08 Å². The summed E-state index contributed by atoms with van der Waals surface area (Å²) in [6.45, 7) is 0. The van der Waals surface area contributed by atoms with E-state index in [2.05, 4.69) is 33.3 Å². The van der Waals surface area contributed by atoms with Crippen LogP contribution in [0.4, 0.5) is 0 Å². The molecule has 1 aliphatic rings. The van der Waals surface area contributed by atoms with Crippen LogP contribution in [-0.4, -0.2) is 42.9 Å². The van der Waals surface area contributed by atoms with Gasteiger partial charge in [-0.05, 0) is 12.5 Å². The third kappa shape index (κ3) is 1.39. The molecule has 0 fully saturated rings. The van der Waals surface area contributed by atoms with Crippen molar-refractivity contribution in [3.05, 3.63) is 12.2 Å². The van der Waals surface area contributed by atoms with Crippen molar-refractivity contribution < 1.29 is 9.59 Å². The number of hydrogen-bond acceptors (Lipinski definition) is 1. The highest BCUT2D eigenvalue weighted by Gasteiger charge is 2.31. The van der Waals surface area contributed by atoms with Crippen LogP contribution in [0.3, 0.4) is 0 Å². The lowest BCUT2D eigenvalue weighted by atomic mass is 10.2. The third-order valence-electron chi connectivity index (χ3n) is 2.00. The van der Waals surface area contributed by atoms with Crippen molar-refractivity contribution in [2.24, 2.45) is 0 Å². The van der Waals surface area contributed by atoms with Gasteiger partial charge in [0, 0.05) is 0 Å². The number of likely N-dealkylation sites (N-methyl/N-ethyl adjacent to an activating group) is 1. The summed E-state index contributed by atoms with van der Waals surface area (Å²) < 4.78 is 0.817. The number of hydrogen-bond donors (Lipinski definition) is 1. The maximum Gasteiger partial charge on any atom is 0.134 e. The molecule has 0 aromatic carbocycles. The van der Waals surface area contributed by atoms with Crippen molar-refractivity contribution >= 4 is 0 Å². The summed E-state index contributed by atoms with van der Waals surface area (Å²) in [5, 5.41) is 9.45. The molecule has 2 unspecified atom stereocenters. The maximum atomic E-state index is 9.45. The Bertz CT molecular complexity index is 146. The smallest absolute Gasteiger partial charge is 0.134 e. The highest BCUT2D eigenvalue weighted by molar-refractivity contribution is 5.03. The minimum atomic E-state index is -0.167. The fraction of sp³-hybridized carbons (Fsp3) is 0.750. The average molecular weight is 142 g/mol. The number of aliphatic hydroxyl groups excluding tert-OH is 1. The summed E-state index contributed by atoms with van der Waals surface area (Å²) >= 11 is 0. The lowest BCUT2D eigenvalue weighted by molar-refractivity contribution is -0.892. The Hall–Kier alpha value is -0.340. The highest BCUT2D eigenvalue weighted by Crippen LogP contribution is 2.18. The molecule has 2 heteroatoms. The molecule has 1 aliphatic carbocycles. The second-order valence-electron chi connectivity index (χ2n) is 3.84. The van der Waals surface area contributed by atoms with Crippen molar-refractivity contribution in [2.45, 2.75) is 18.6 Å². The van der Waals surface area contributed by atoms with E-state index >= 15 is 0 Å². The Labute approximate surface area is 62.4 Å². The Kier molecular flexibility index (Phi) is 1.84. The van der Waals surface area contributed by atoms with E-state index in [1.165, 1.54) is 0 Å². The van der Waals surface area contributed by atoms with Gasteiger partial charge in [0.2, 0.25) is 0 Å². The highest BCUT2D eigenvalue weighted by atomic mass is 16.3. The Balaban J connectivity index is 2.64. The predicted molar refractivity (Wildman–Crippen MR) is 41.6 cm³/mol. The minimum Gasteiger partial charge on any atom is -0.386 e. The van der Waals surface area contributed by atoms with E-state index in [9.17, 15) is 5.11 Å². The first-order valence-electron chi connectivity index (χ1n) is 3.67. The Morgan fingerprint density at radius 3 is 2.20 bits per heavy atom. The van der Waals surface area contributed by atoms with Gasteiger partial charge in [-0.3, -0.25) is 0 Å². The Morgan fingerprint density at radius 2 is 2.00 bits per heavy atom. The molecule has 0 amide bonds. The largest absolute Gasteiger partial charge is 0.386 e. The lowest BCUT2D eigenvalue weighted by Crippen LogP contribution is -2.48. The van der Waals surface area contributed by atoms with Crippen molar-refractivity contribution in [3.8, 4) is 0 Å². The number of aliphatic hydroxyl groups is 1. The third-order valence-corrected chi connectivity index (χ3v) is 2.00. The van der Waals surface area contributed by atoms with Gasteiger partial charge in [0.15, 0.2) is 0 Å². The van der Waals surface area contributed by atoms with Crippen molar-refractivity contribution in [3.63, 3.8) is 0 Å². The molecule has 0 saturated heterocycles. The first-order valence-corrected chi connectivity index (χ1v) is 3.67. The topological polar surface area (TPSA) is 20.2 Å². The van der Waals surface area contributed by atoms with Crippen LogP contribution in [0.25, 0.3) is 0 Å². The summed E-state index contributed by atoms with van der Waals surface area (Å²) in [5.41, 5.74) is 0. The van der Waals surface area contributed by atoms with Gasteiger partial charge in [-0.25, -0.2) is 0 Å². The number of rotatable bonds is 1. The van der Waals surface area contributed by atoms with Crippen LogP contribution in [0.5, 0.6) is 0 Å². The van der Waals surface area contributed by atoms with E-state index in [1.54, 1.807) is 0 Å². The molecular formula is C8H16NO+. The molecule has 0 saturated carbocycles. The molecule has 58 valence electrons. The Morgan fingerprint density at radius 1 is 1.40 bits per heavy atom. The summed E-state index contributed by atoms with van der Waals surface area (Å²) in [4.78, 5) is 0. The van der Waals surface area contributed by atoms with Crippen molar-refractivity contribution in [1.82, 2.24) is 0 Å². The van der Waals surface area contributed by atoms with Gasteiger partial charge in [0.05, 0.1) is 21.1 Å². The summed E-state index contributed by atoms with van der Waals surface area (Å²) in [6.07, 6.45) is 4.81. The van der Waals surface area contributed by atoms with Gasteiger partial charge in [0.25, 0.3) is 0 Å². The fourth-order valence-corrected chi connectivity index (χ4v) is 1.40. The molecular weight excluding hydrogens is 126 g/mol. The first-order chi connectivity index (χ1) is 4.52. The van der Waals surface area contributed by atoms with Gasteiger partial charge in [-0.15, -0.1) is 0 Å². The van der Waals surface area contributed by atoms with Crippen LogP contribution < -0.4 is 0 Å².